The van der Waals surface area contributed by atoms with Crippen molar-refractivity contribution >= 4 is 17.0 Å². The van der Waals surface area contributed by atoms with Crippen LogP contribution < -0.4 is 5.32 Å². The summed E-state index contributed by atoms with van der Waals surface area (Å²) >= 11 is 0. The molecule has 0 saturated heterocycles. The number of benzene rings is 2. The highest BCUT2D eigenvalue weighted by Crippen LogP contribution is 2.30. The average molecular weight is 410 g/mol. The first-order valence-electron chi connectivity index (χ1n) is 10.4. The Morgan fingerprint density at radius 2 is 1.84 bits per heavy atom. The number of rotatable bonds is 6. The van der Waals surface area contributed by atoms with Crippen LogP contribution in [0, 0.1) is 6.92 Å². The molecule has 0 amide bonds. The first kappa shape index (κ1) is 19.0. The molecule has 0 fully saturated rings. The van der Waals surface area contributed by atoms with Crippen LogP contribution in [0.2, 0.25) is 0 Å². The Kier molecular flexibility index (Phi) is 5.15. The van der Waals surface area contributed by atoms with Gasteiger partial charge in [0, 0.05) is 44.5 Å². The molecular weight excluding hydrogens is 382 g/mol. The fraction of sp³-hybridized carbons (Fsp3) is 0.115. The molecule has 0 radical (unpaired) electrons. The Hall–Kier alpha value is -3.99. The first-order valence-corrected chi connectivity index (χ1v) is 10.4. The SMILES string of the molecule is Cc1cccc(-c2cnc3[nH]cc(-c4ccnc(NCCc5ccccc5)n4)c3c2)c1.[HH].[HH]. The molecule has 3 heterocycles. The van der Waals surface area contributed by atoms with Crippen LogP contribution in [-0.4, -0.2) is 26.5 Å². The Balaban J connectivity index is 0.00000153. The van der Waals surface area contributed by atoms with Gasteiger partial charge in [-0.05, 0) is 36.6 Å². The summed E-state index contributed by atoms with van der Waals surface area (Å²) in [6.45, 7) is 2.88. The maximum atomic E-state index is 4.74. The van der Waals surface area contributed by atoms with Crippen LogP contribution in [-0.2, 0) is 6.42 Å². The fourth-order valence-corrected chi connectivity index (χ4v) is 3.75. The maximum absolute atomic E-state index is 4.74. The van der Waals surface area contributed by atoms with Gasteiger partial charge in [-0.1, -0.05) is 60.2 Å². The zero-order valence-electron chi connectivity index (χ0n) is 17.3. The van der Waals surface area contributed by atoms with Crippen LogP contribution in [0.4, 0.5) is 5.95 Å². The number of fused-ring (bicyclic) bond motifs is 1. The summed E-state index contributed by atoms with van der Waals surface area (Å²) < 4.78 is 0. The average Bonchev–Trinajstić information content (AvgIpc) is 3.23. The van der Waals surface area contributed by atoms with E-state index < -0.39 is 0 Å². The van der Waals surface area contributed by atoms with Gasteiger partial charge in [-0.15, -0.1) is 0 Å². The molecule has 2 aromatic carbocycles. The zero-order chi connectivity index (χ0) is 21.0. The summed E-state index contributed by atoms with van der Waals surface area (Å²) in [4.78, 5) is 17.0. The minimum absolute atomic E-state index is 0. The van der Waals surface area contributed by atoms with Crippen molar-refractivity contribution in [2.24, 2.45) is 0 Å². The number of aromatic amines is 1. The third kappa shape index (κ3) is 4.16. The molecule has 0 unspecified atom stereocenters. The summed E-state index contributed by atoms with van der Waals surface area (Å²) in [6, 6.07) is 23.0. The summed E-state index contributed by atoms with van der Waals surface area (Å²) in [5.41, 5.74) is 7.51. The van der Waals surface area contributed by atoms with Crippen molar-refractivity contribution < 1.29 is 2.85 Å². The van der Waals surface area contributed by atoms with Crippen LogP contribution in [0.3, 0.4) is 0 Å². The van der Waals surface area contributed by atoms with E-state index >= 15 is 0 Å². The summed E-state index contributed by atoms with van der Waals surface area (Å²) in [6.07, 6.45) is 6.59. The number of nitrogens with zero attached hydrogens (tertiary/aromatic N) is 3. The molecule has 0 atom stereocenters. The third-order valence-electron chi connectivity index (χ3n) is 5.35. The second-order valence-corrected chi connectivity index (χ2v) is 7.62. The van der Waals surface area contributed by atoms with E-state index in [1.54, 1.807) is 6.20 Å². The van der Waals surface area contributed by atoms with Crippen LogP contribution >= 0.6 is 0 Å². The van der Waals surface area contributed by atoms with Crippen molar-refractivity contribution in [1.29, 1.82) is 0 Å². The van der Waals surface area contributed by atoms with Gasteiger partial charge in [0.15, 0.2) is 0 Å². The molecule has 0 aliphatic rings. The van der Waals surface area contributed by atoms with E-state index in [4.69, 9.17) is 4.98 Å². The molecule has 5 nitrogen and oxygen atoms in total. The van der Waals surface area contributed by atoms with Crippen LogP contribution in [0.1, 0.15) is 14.0 Å². The molecular formula is C26H27N5. The lowest BCUT2D eigenvalue weighted by atomic mass is 10.0. The maximum Gasteiger partial charge on any atom is 0.223 e. The van der Waals surface area contributed by atoms with Crippen molar-refractivity contribution in [2.45, 2.75) is 13.3 Å². The topological polar surface area (TPSA) is 66.5 Å². The number of hydrogen-bond donors (Lipinski definition) is 2. The highest BCUT2D eigenvalue weighted by Gasteiger charge is 2.11. The highest BCUT2D eigenvalue weighted by molar-refractivity contribution is 5.95. The second-order valence-electron chi connectivity index (χ2n) is 7.62. The molecule has 2 N–H and O–H groups in total. The molecule has 0 bridgehead atoms. The van der Waals surface area contributed by atoms with E-state index in [9.17, 15) is 0 Å². The number of aryl methyl sites for hydroxylation is 1. The Bertz CT molecular complexity index is 1340. The molecule has 0 aliphatic carbocycles. The monoisotopic (exact) mass is 409 g/mol. The molecule has 5 aromatic rings. The summed E-state index contributed by atoms with van der Waals surface area (Å²) in [5.74, 6) is 0.630. The lowest BCUT2D eigenvalue weighted by molar-refractivity contribution is 0.985. The predicted molar refractivity (Wildman–Crippen MR) is 130 cm³/mol. The van der Waals surface area contributed by atoms with Gasteiger partial charge in [-0.3, -0.25) is 0 Å². The van der Waals surface area contributed by atoms with E-state index in [1.165, 1.54) is 11.1 Å². The summed E-state index contributed by atoms with van der Waals surface area (Å²) in [5, 5.41) is 4.39. The lowest BCUT2D eigenvalue weighted by Crippen LogP contribution is -2.08. The number of pyridine rings is 1. The molecule has 5 heteroatoms. The minimum Gasteiger partial charge on any atom is -0.354 e. The second kappa shape index (κ2) is 8.40. The minimum atomic E-state index is 0. The van der Waals surface area contributed by atoms with E-state index in [1.807, 2.05) is 24.5 Å². The molecule has 156 valence electrons. The fourth-order valence-electron chi connectivity index (χ4n) is 3.75. The smallest absolute Gasteiger partial charge is 0.223 e. The van der Waals surface area contributed by atoms with Crippen LogP contribution in [0.25, 0.3) is 33.4 Å². The summed E-state index contributed by atoms with van der Waals surface area (Å²) in [7, 11) is 0. The molecule has 31 heavy (non-hydrogen) atoms. The number of H-pyrrole nitrogens is 1. The zero-order valence-corrected chi connectivity index (χ0v) is 17.3. The quantitative estimate of drug-likeness (QED) is 0.353. The van der Waals surface area contributed by atoms with Crippen molar-refractivity contribution in [3.05, 3.63) is 96.4 Å². The van der Waals surface area contributed by atoms with Gasteiger partial charge < -0.3 is 10.3 Å². The number of anilines is 1. The van der Waals surface area contributed by atoms with E-state index in [0.29, 0.717) is 5.95 Å². The Labute approximate surface area is 184 Å². The van der Waals surface area contributed by atoms with Crippen LogP contribution in [0.5, 0.6) is 0 Å². The molecule has 0 aliphatic heterocycles. The van der Waals surface area contributed by atoms with Gasteiger partial charge in [-0.2, -0.15) is 0 Å². The standard InChI is InChI=1S/C26H23N5.2H2/c1-18-6-5-9-20(14-18)21-15-22-23(17-30-25(22)29-16-21)24-11-13-28-26(31-24)27-12-10-19-7-3-2-4-8-19;;/h2-9,11,13-17H,10,12H2,1H3,(H,29,30)(H,27,28,31);2*1H. The van der Waals surface area contributed by atoms with Gasteiger partial charge in [-0.25, -0.2) is 15.0 Å². The molecule has 0 spiro atoms. The number of nitrogens with one attached hydrogen (secondary N) is 2. The first-order chi connectivity index (χ1) is 15.3. The van der Waals surface area contributed by atoms with Gasteiger partial charge in [0.05, 0.1) is 5.69 Å². The molecule has 3 aromatic heterocycles. The van der Waals surface area contributed by atoms with Crippen molar-refractivity contribution in [3.63, 3.8) is 0 Å². The largest absolute Gasteiger partial charge is 0.354 e. The van der Waals surface area contributed by atoms with Gasteiger partial charge in [0.2, 0.25) is 5.95 Å². The van der Waals surface area contributed by atoms with E-state index in [-0.39, 0.29) is 2.85 Å². The lowest BCUT2D eigenvalue weighted by Gasteiger charge is -2.07. The van der Waals surface area contributed by atoms with Gasteiger partial charge in [0.25, 0.3) is 0 Å². The van der Waals surface area contributed by atoms with Crippen LogP contribution in [0.15, 0.2) is 85.3 Å². The van der Waals surface area contributed by atoms with Crippen molar-refractivity contribution in [1.82, 2.24) is 19.9 Å². The van der Waals surface area contributed by atoms with E-state index in [0.717, 1.165) is 46.4 Å². The van der Waals surface area contributed by atoms with Crippen molar-refractivity contribution in [3.8, 4) is 22.4 Å². The Morgan fingerprint density at radius 1 is 0.935 bits per heavy atom. The third-order valence-corrected chi connectivity index (χ3v) is 5.35. The van der Waals surface area contributed by atoms with Gasteiger partial charge >= 0.3 is 0 Å². The van der Waals surface area contributed by atoms with Gasteiger partial charge in [0.1, 0.15) is 5.65 Å². The number of hydrogen-bond acceptors (Lipinski definition) is 4. The molecule has 5 rings (SSSR count). The molecule has 0 saturated carbocycles. The van der Waals surface area contributed by atoms with E-state index in [2.05, 4.69) is 81.8 Å². The normalized spacial score (nSPS) is 11.0. The Morgan fingerprint density at radius 3 is 2.71 bits per heavy atom. The highest BCUT2D eigenvalue weighted by atomic mass is 15.1. The van der Waals surface area contributed by atoms with Crippen molar-refractivity contribution in [2.75, 3.05) is 11.9 Å². The predicted octanol–water partition coefficient (Wildman–Crippen LogP) is 6.14. The number of aromatic nitrogens is 4.